The number of nitrogens with zero attached hydrogens (tertiary/aromatic N) is 3. The molecule has 2 unspecified atom stereocenters. The Bertz CT molecular complexity index is 715. The molecule has 2 fully saturated rings. The third-order valence-electron chi connectivity index (χ3n) is 4.48. The van der Waals surface area contributed by atoms with Gasteiger partial charge in [-0.3, -0.25) is 15.0 Å². The van der Waals surface area contributed by atoms with Crippen molar-refractivity contribution in [3.8, 4) is 0 Å². The number of fused-ring (bicyclic) bond motifs is 1. The molecule has 2 heterocycles. The monoisotopic (exact) mass is 318 g/mol. The largest absolute Gasteiger partial charge is 0.462 e. The number of ether oxygens (including phenoxy) is 1. The molecule has 1 saturated carbocycles. The Morgan fingerprint density at radius 2 is 2.09 bits per heavy atom. The zero-order valence-electron chi connectivity index (χ0n) is 13.4. The summed E-state index contributed by atoms with van der Waals surface area (Å²) in [6.07, 6.45) is 1.30. The summed E-state index contributed by atoms with van der Waals surface area (Å²) in [4.78, 5) is 44.5. The van der Waals surface area contributed by atoms with Gasteiger partial charge >= 0.3 is 5.97 Å². The minimum atomic E-state index is -0.519. The molecule has 1 N–H and O–H groups in total. The molecule has 1 aromatic heterocycles. The third-order valence-corrected chi connectivity index (χ3v) is 4.48. The van der Waals surface area contributed by atoms with Crippen molar-refractivity contribution in [1.29, 1.82) is 0 Å². The highest BCUT2D eigenvalue weighted by Gasteiger charge is 2.69. The van der Waals surface area contributed by atoms with Gasteiger partial charge in [-0.25, -0.2) is 14.8 Å². The molecule has 0 radical (unpaired) electrons. The van der Waals surface area contributed by atoms with Crippen molar-refractivity contribution in [3.63, 3.8) is 0 Å². The molecule has 1 saturated heterocycles. The molecular weight excluding hydrogens is 300 g/mol. The summed E-state index contributed by atoms with van der Waals surface area (Å²) in [7, 11) is 0. The Morgan fingerprint density at radius 3 is 2.70 bits per heavy atom. The molecule has 0 bridgehead atoms. The normalized spacial score (nSPS) is 24.8. The van der Waals surface area contributed by atoms with Gasteiger partial charge in [0.1, 0.15) is 0 Å². The second kappa shape index (κ2) is 5.00. The van der Waals surface area contributed by atoms with Crippen LogP contribution < -0.4 is 10.4 Å². The van der Waals surface area contributed by atoms with Crippen molar-refractivity contribution in [2.24, 2.45) is 17.3 Å². The topological polar surface area (TPSA) is 101 Å². The molecule has 0 spiro atoms. The maximum absolute atomic E-state index is 12.5. The zero-order valence-corrected chi connectivity index (χ0v) is 13.4. The standard InChI is InChI=1S/C15H18N4O4/c1-5-23-13(22)8-6-16-14(17-7(8)2)19-12(21)10-9(11(20)18-19)15(10,3)4/h6,9-10H,5H2,1-4H3,(H,18,20). The Balaban J connectivity index is 1.88. The molecule has 8 nitrogen and oxygen atoms in total. The average molecular weight is 318 g/mol. The molecule has 2 atom stereocenters. The van der Waals surface area contributed by atoms with Gasteiger partial charge in [0.15, 0.2) is 0 Å². The summed E-state index contributed by atoms with van der Waals surface area (Å²) in [5.74, 6) is -1.57. The first kappa shape index (κ1) is 15.4. The van der Waals surface area contributed by atoms with Gasteiger partial charge in [0, 0.05) is 6.20 Å². The molecule has 2 aliphatic rings. The van der Waals surface area contributed by atoms with Crippen molar-refractivity contribution in [2.45, 2.75) is 27.7 Å². The number of carbonyl (C=O) groups excluding carboxylic acids is 3. The molecule has 1 aromatic rings. The lowest BCUT2D eigenvalue weighted by atomic mass is 10.1. The van der Waals surface area contributed by atoms with Crippen LogP contribution in [0.3, 0.4) is 0 Å². The maximum Gasteiger partial charge on any atom is 0.341 e. The summed E-state index contributed by atoms with van der Waals surface area (Å²) in [6, 6.07) is 0. The molecule has 23 heavy (non-hydrogen) atoms. The van der Waals surface area contributed by atoms with E-state index in [-0.39, 0.29) is 47.2 Å². The highest BCUT2D eigenvalue weighted by Crippen LogP contribution is 2.60. The van der Waals surface area contributed by atoms with Crippen molar-refractivity contribution in [2.75, 3.05) is 11.6 Å². The first-order chi connectivity index (χ1) is 10.8. The lowest BCUT2D eigenvalue weighted by Crippen LogP contribution is -2.52. The van der Waals surface area contributed by atoms with Gasteiger partial charge in [0.2, 0.25) is 5.91 Å². The lowest BCUT2D eigenvalue weighted by Gasteiger charge is -2.24. The number of hydrogen-bond acceptors (Lipinski definition) is 6. The second-order valence-electron chi connectivity index (χ2n) is 6.32. The lowest BCUT2D eigenvalue weighted by molar-refractivity contribution is -0.131. The van der Waals surface area contributed by atoms with Crippen LogP contribution in [0.2, 0.25) is 0 Å². The Labute approximate surface area is 133 Å². The van der Waals surface area contributed by atoms with Crippen LogP contribution in [0.25, 0.3) is 0 Å². The predicted octanol–water partition coefficient (Wildman–Crippen LogP) is 0.612. The Kier molecular flexibility index (Phi) is 3.35. The van der Waals surface area contributed by atoms with Gasteiger partial charge in [0.05, 0.1) is 29.7 Å². The molecule has 3 rings (SSSR count). The predicted molar refractivity (Wildman–Crippen MR) is 79.1 cm³/mol. The molecule has 8 heteroatoms. The van der Waals surface area contributed by atoms with Crippen molar-refractivity contribution in [1.82, 2.24) is 15.4 Å². The fourth-order valence-electron chi connectivity index (χ4n) is 3.08. The van der Waals surface area contributed by atoms with Crippen molar-refractivity contribution in [3.05, 3.63) is 17.5 Å². The highest BCUT2D eigenvalue weighted by atomic mass is 16.5. The van der Waals surface area contributed by atoms with E-state index >= 15 is 0 Å². The van der Waals surface area contributed by atoms with E-state index in [1.807, 2.05) is 13.8 Å². The number of rotatable bonds is 3. The number of carbonyl (C=O) groups is 3. The van der Waals surface area contributed by atoms with Crippen LogP contribution in [-0.4, -0.2) is 34.4 Å². The third kappa shape index (κ3) is 2.25. The number of aromatic nitrogens is 2. The summed E-state index contributed by atoms with van der Waals surface area (Å²) in [6.45, 7) is 7.35. The summed E-state index contributed by atoms with van der Waals surface area (Å²) in [5.41, 5.74) is 2.80. The van der Waals surface area contributed by atoms with E-state index in [1.54, 1.807) is 13.8 Å². The quantitative estimate of drug-likeness (QED) is 0.819. The van der Waals surface area contributed by atoms with Crippen LogP contribution in [0.15, 0.2) is 6.20 Å². The van der Waals surface area contributed by atoms with E-state index in [4.69, 9.17) is 4.74 Å². The van der Waals surface area contributed by atoms with E-state index in [0.29, 0.717) is 5.69 Å². The van der Waals surface area contributed by atoms with Crippen LogP contribution in [0.5, 0.6) is 0 Å². The average Bonchev–Trinajstić information content (AvgIpc) is 3.07. The Morgan fingerprint density at radius 1 is 1.39 bits per heavy atom. The van der Waals surface area contributed by atoms with Crippen LogP contribution >= 0.6 is 0 Å². The van der Waals surface area contributed by atoms with E-state index in [0.717, 1.165) is 5.01 Å². The van der Waals surface area contributed by atoms with Crippen LogP contribution in [0.4, 0.5) is 5.95 Å². The molecule has 2 amide bonds. The number of hydrogen-bond donors (Lipinski definition) is 1. The van der Waals surface area contributed by atoms with Gasteiger partial charge in [0.25, 0.3) is 11.9 Å². The number of hydrazine groups is 1. The summed E-state index contributed by atoms with van der Waals surface area (Å²) >= 11 is 0. The molecule has 122 valence electrons. The van der Waals surface area contributed by atoms with Crippen LogP contribution in [0, 0.1) is 24.2 Å². The summed E-state index contributed by atoms with van der Waals surface area (Å²) < 4.78 is 4.91. The van der Waals surface area contributed by atoms with Gasteiger partial charge in [-0.05, 0) is 19.3 Å². The minimum Gasteiger partial charge on any atom is -0.462 e. The second-order valence-corrected chi connectivity index (χ2v) is 6.32. The van der Waals surface area contributed by atoms with Gasteiger partial charge < -0.3 is 4.74 Å². The van der Waals surface area contributed by atoms with E-state index in [2.05, 4.69) is 15.4 Å². The Hall–Kier alpha value is -2.51. The maximum atomic E-state index is 12.5. The molecular formula is C15H18N4O4. The number of nitrogens with one attached hydrogen (secondary N) is 1. The van der Waals surface area contributed by atoms with Crippen LogP contribution in [0.1, 0.15) is 36.8 Å². The summed E-state index contributed by atoms with van der Waals surface area (Å²) in [5, 5.41) is 1.07. The van der Waals surface area contributed by atoms with Gasteiger partial charge in [-0.1, -0.05) is 13.8 Å². The molecule has 1 aliphatic heterocycles. The van der Waals surface area contributed by atoms with Crippen molar-refractivity contribution >= 4 is 23.7 Å². The van der Waals surface area contributed by atoms with Crippen molar-refractivity contribution < 1.29 is 19.1 Å². The minimum absolute atomic E-state index is 0.0510. The zero-order chi connectivity index (χ0) is 16.9. The van der Waals surface area contributed by atoms with Crippen LogP contribution in [-0.2, 0) is 14.3 Å². The highest BCUT2D eigenvalue weighted by molar-refractivity contribution is 6.07. The molecule has 0 aromatic carbocycles. The fraction of sp³-hybridized carbons (Fsp3) is 0.533. The van der Waals surface area contributed by atoms with E-state index in [1.165, 1.54) is 6.20 Å². The smallest absolute Gasteiger partial charge is 0.341 e. The van der Waals surface area contributed by atoms with E-state index in [9.17, 15) is 14.4 Å². The number of esters is 1. The fourth-order valence-corrected chi connectivity index (χ4v) is 3.08. The first-order valence-electron chi connectivity index (χ1n) is 7.44. The SMILES string of the molecule is CCOC(=O)c1cnc(N2NC(=O)C3C(C2=O)C3(C)C)nc1C. The van der Waals surface area contributed by atoms with Gasteiger partial charge in [-0.2, -0.15) is 5.01 Å². The van der Waals surface area contributed by atoms with Gasteiger partial charge in [-0.15, -0.1) is 0 Å². The first-order valence-corrected chi connectivity index (χ1v) is 7.44. The van der Waals surface area contributed by atoms with E-state index < -0.39 is 5.97 Å². The number of aryl methyl sites for hydroxylation is 1. The number of anilines is 1. The number of amides is 2. The molecule has 1 aliphatic carbocycles.